The fourth-order valence-electron chi connectivity index (χ4n) is 2.92. The summed E-state index contributed by atoms with van der Waals surface area (Å²) in [5, 5.41) is 15.4. The third kappa shape index (κ3) is 4.94. The van der Waals surface area contributed by atoms with Gasteiger partial charge in [0.1, 0.15) is 11.6 Å². The number of nitrogens with zero attached hydrogens (tertiary/aromatic N) is 3. The Hall–Kier alpha value is -4.46. The molecule has 0 saturated heterocycles. The number of hydrogen-bond acceptors (Lipinski definition) is 7. The number of nitrogen functional groups attached to an aromatic ring is 1. The summed E-state index contributed by atoms with van der Waals surface area (Å²) in [5.41, 5.74) is 8.89. The van der Waals surface area contributed by atoms with E-state index in [1.54, 1.807) is 42.9 Å². The molecule has 0 fully saturated rings. The van der Waals surface area contributed by atoms with E-state index in [4.69, 9.17) is 5.73 Å². The van der Waals surface area contributed by atoms with E-state index in [1.807, 2.05) is 24.3 Å². The lowest BCUT2D eigenvalue weighted by atomic mass is 10.1. The molecule has 0 saturated carbocycles. The molecule has 0 spiro atoms. The molecule has 5 N–H and O–H groups in total. The molecule has 0 aliphatic rings. The minimum absolute atomic E-state index is 0.0450. The predicted molar refractivity (Wildman–Crippen MR) is 120 cm³/mol. The van der Waals surface area contributed by atoms with Crippen molar-refractivity contribution in [2.75, 3.05) is 16.4 Å². The van der Waals surface area contributed by atoms with E-state index in [2.05, 4.69) is 25.6 Å². The highest BCUT2D eigenvalue weighted by Crippen LogP contribution is 2.24. The maximum absolute atomic E-state index is 12.4. The summed E-state index contributed by atoms with van der Waals surface area (Å²) < 4.78 is 0. The molecule has 2 heterocycles. The summed E-state index contributed by atoms with van der Waals surface area (Å²) in [6.45, 7) is 0.538. The zero-order valence-electron chi connectivity index (χ0n) is 16.5. The van der Waals surface area contributed by atoms with Crippen molar-refractivity contribution in [1.29, 1.82) is 0 Å². The predicted octanol–water partition coefficient (Wildman–Crippen LogP) is 3.69. The molecule has 0 unspecified atom stereocenters. The number of rotatable bonds is 6. The number of benzene rings is 2. The second-order valence-corrected chi connectivity index (χ2v) is 6.78. The van der Waals surface area contributed by atoms with E-state index in [-0.39, 0.29) is 11.7 Å². The van der Waals surface area contributed by atoms with Gasteiger partial charge in [-0.2, -0.15) is 0 Å². The topological polar surface area (TPSA) is 126 Å². The van der Waals surface area contributed by atoms with E-state index in [0.29, 0.717) is 35.1 Å². The minimum Gasteiger partial charge on any atom is -0.508 e. The van der Waals surface area contributed by atoms with E-state index in [9.17, 15) is 9.90 Å². The normalized spacial score (nSPS) is 10.5. The standard InChI is InChI=1S/C23H20N6O2/c24-19-12-18(30)7-8-20(19)28-23(31)16-5-3-15(4-6-16)13-27-21-9-11-26-22(29-21)17-2-1-10-25-14-17/h1-12,14,30H,13,24H2,(H,28,31)(H,26,27,29). The van der Waals surface area contributed by atoms with Gasteiger partial charge in [-0.1, -0.05) is 12.1 Å². The number of carbonyl (C=O) groups is 1. The Kier molecular flexibility index (Phi) is 5.70. The lowest BCUT2D eigenvalue weighted by molar-refractivity contribution is 0.102. The van der Waals surface area contributed by atoms with Gasteiger partial charge in [-0.25, -0.2) is 9.97 Å². The Morgan fingerprint density at radius 1 is 1.03 bits per heavy atom. The van der Waals surface area contributed by atoms with Gasteiger partial charge < -0.3 is 21.5 Å². The Bertz CT molecular complexity index is 1200. The third-order valence-corrected chi connectivity index (χ3v) is 4.55. The number of aromatic nitrogens is 3. The zero-order valence-corrected chi connectivity index (χ0v) is 16.5. The van der Waals surface area contributed by atoms with Crippen molar-refractivity contribution in [3.63, 3.8) is 0 Å². The van der Waals surface area contributed by atoms with Crippen molar-refractivity contribution in [1.82, 2.24) is 15.0 Å². The number of carbonyl (C=O) groups excluding carboxylic acids is 1. The van der Waals surface area contributed by atoms with Gasteiger partial charge in [0.25, 0.3) is 5.91 Å². The SMILES string of the molecule is Nc1cc(O)ccc1NC(=O)c1ccc(CNc2ccnc(-c3cccnc3)n2)cc1. The highest BCUT2D eigenvalue weighted by Gasteiger charge is 2.09. The Labute approximate surface area is 178 Å². The van der Waals surface area contributed by atoms with Gasteiger partial charge in [-0.3, -0.25) is 9.78 Å². The maximum atomic E-state index is 12.4. The van der Waals surface area contributed by atoms with Crippen LogP contribution in [0.15, 0.2) is 79.3 Å². The molecule has 0 aliphatic heterocycles. The van der Waals surface area contributed by atoms with Gasteiger partial charge >= 0.3 is 0 Å². The molecule has 31 heavy (non-hydrogen) atoms. The highest BCUT2D eigenvalue weighted by atomic mass is 16.3. The molecule has 154 valence electrons. The van der Waals surface area contributed by atoms with Gasteiger partial charge in [0, 0.05) is 42.3 Å². The number of phenols is 1. The molecule has 8 heteroatoms. The van der Waals surface area contributed by atoms with Crippen molar-refractivity contribution in [3.8, 4) is 17.1 Å². The Balaban J connectivity index is 1.38. The Morgan fingerprint density at radius 2 is 1.87 bits per heavy atom. The number of phenolic OH excluding ortho intramolecular Hbond substituents is 1. The monoisotopic (exact) mass is 412 g/mol. The molecule has 0 radical (unpaired) electrons. The molecule has 2 aromatic heterocycles. The first-order valence-corrected chi connectivity index (χ1v) is 9.54. The fourth-order valence-corrected chi connectivity index (χ4v) is 2.92. The lowest BCUT2D eigenvalue weighted by Gasteiger charge is -2.10. The van der Waals surface area contributed by atoms with Crippen molar-refractivity contribution >= 4 is 23.1 Å². The van der Waals surface area contributed by atoms with Crippen molar-refractivity contribution in [2.24, 2.45) is 0 Å². The molecule has 4 rings (SSSR count). The van der Waals surface area contributed by atoms with Gasteiger partial charge in [0.2, 0.25) is 0 Å². The van der Waals surface area contributed by atoms with Crippen LogP contribution in [0.4, 0.5) is 17.2 Å². The largest absolute Gasteiger partial charge is 0.508 e. The van der Waals surface area contributed by atoms with Gasteiger partial charge in [-0.15, -0.1) is 0 Å². The first kappa shape index (κ1) is 19.8. The number of pyridine rings is 1. The van der Waals surface area contributed by atoms with Crippen LogP contribution >= 0.6 is 0 Å². The molecule has 0 aliphatic carbocycles. The number of nitrogens with two attached hydrogens (primary N) is 1. The van der Waals surface area contributed by atoms with Crippen molar-refractivity contribution in [3.05, 3.63) is 90.4 Å². The molecule has 8 nitrogen and oxygen atoms in total. The molecule has 1 amide bonds. The van der Waals surface area contributed by atoms with Crippen LogP contribution in [0.25, 0.3) is 11.4 Å². The highest BCUT2D eigenvalue weighted by molar-refractivity contribution is 6.05. The summed E-state index contributed by atoms with van der Waals surface area (Å²) in [5.74, 6) is 1.05. The number of amides is 1. The van der Waals surface area contributed by atoms with Crippen LogP contribution in [-0.2, 0) is 6.54 Å². The first-order valence-electron chi connectivity index (χ1n) is 9.54. The van der Waals surface area contributed by atoms with E-state index in [0.717, 1.165) is 11.1 Å². The van der Waals surface area contributed by atoms with Crippen LogP contribution in [0.2, 0.25) is 0 Å². The van der Waals surface area contributed by atoms with Crippen LogP contribution in [0, 0.1) is 0 Å². The second kappa shape index (κ2) is 8.91. The number of anilines is 3. The number of aromatic hydroxyl groups is 1. The summed E-state index contributed by atoms with van der Waals surface area (Å²) in [6.07, 6.45) is 5.12. The summed E-state index contributed by atoms with van der Waals surface area (Å²) >= 11 is 0. The molecule has 0 atom stereocenters. The minimum atomic E-state index is -0.284. The van der Waals surface area contributed by atoms with Gasteiger partial charge in [0.05, 0.1) is 11.4 Å². The zero-order chi connectivity index (χ0) is 21.6. The average Bonchev–Trinajstić information content (AvgIpc) is 2.80. The van der Waals surface area contributed by atoms with Gasteiger partial charge in [0.15, 0.2) is 5.82 Å². The van der Waals surface area contributed by atoms with Crippen molar-refractivity contribution in [2.45, 2.75) is 6.54 Å². The van der Waals surface area contributed by atoms with Gasteiger partial charge in [-0.05, 0) is 48.0 Å². The average molecular weight is 412 g/mol. The lowest BCUT2D eigenvalue weighted by Crippen LogP contribution is -2.13. The van der Waals surface area contributed by atoms with Crippen LogP contribution in [-0.4, -0.2) is 26.0 Å². The molecule has 2 aromatic carbocycles. The fraction of sp³-hybridized carbons (Fsp3) is 0.0435. The summed E-state index contributed by atoms with van der Waals surface area (Å²) in [6, 6.07) is 17.2. The number of nitrogens with one attached hydrogen (secondary N) is 2. The van der Waals surface area contributed by atoms with Crippen molar-refractivity contribution < 1.29 is 9.90 Å². The smallest absolute Gasteiger partial charge is 0.255 e. The van der Waals surface area contributed by atoms with E-state index in [1.165, 1.54) is 12.1 Å². The van der Waals surface area contributed by atoms with Crippen LogP contribution in [0.3, 0.4) is 0 Å². The first-order chi connectivity index (χ1) is 15.1. The third-order valence-electron chi connectivity index (χ3n) is 4.55. The number of hydrogen-bond donors (Lipinski definition) is 4. The second-order valence-electron chi connectivity index (χ2n) is 6.78. The molecular formula is C23H20N6O2. The maximum Gasteiger partial charge on any atom is 0.255 e. The molecule has 4 aromatic rings. The van der Waals surface area contributed by atoms with E-state index >= 15 is 0 Å². The summed E-state index contributed by atoms with van der Waals surface area (Å²) in [7, 11) is 0. The molecule has 0 bridgehead atoms. The quantitative estimate of drug-likeness (QED) is 0.281. The van der Waals surface area contributed by atoms with Crippen LogP contribution < -0.4 is 16.4 Å². The van der Waals surface area contributed by atoms with E-state index < -0.39 is 0 Å². The summed E-state index contributed by atoms with van der Waals surface area (Å²) in [4.78, 5) is 25.3. The van der Waals surface area contributed by atoms with Crippen LogP contribution in [0.1, 0.15) is 15.9 Å². The molecular weight excluding hydrogens is 392 g/mol. The Morgan fingerprint density at radius 3 is 2.61 bits per heavy atom. The van der Waals surface area contributed by atoms with Crippen LogP contribution in [0.5, 0.6) is 5.75 Å².